The number of anilines is 1. The van der Waals surface area contributed by atoms with Crippen molar-refractivity contribution in [3.63, 3.8) is 0 Å². The van der Waals surface area contributed by atoms with Crippen LogP contribution in [-0.4, -0.2) is 70.3 Å². The van der Waals surface area contributed by atoms with Gasteiger partial charge in [-0.2, -0.15) is 0 Å². The molecule has 234 valence electrons. The molecule has 1 saturated heterocycles. The zero-order valence-corrected chi connectivity index (χ0v) is 27.8. The summed E-state index contributed by atoms with van der Waals surface area (Å²) in [7, 11) is 0. The topological polar surface area (TPSA) is 144 Å². The molecule has 0 spiro atoms. The highest BCUT2D eigenvalue weighted by molar-refractivity contribution is 9.10. The second-order valence-electron chi connectivity index (χ2n) is 10.9. The second-order valence-corrected chi connectivity index (χ2v) is 13.6. The van der Waals surface area contributed by atoms with Gasteiger partial charge in [0.05, 0.1) is 9.77 Å². The van der Waals surface area contributed by atoms with Gasteiger partial charge in [-0.15, -0.1) is 0 Å². The predicted octanol–water partition coefficient (Wildman–Crippen LogP) is 4.65. The molecule has 1 fully saturated rings. The third-order valence-electron chi connectivity index (χ3n) is 6.39. The minimum Gasteiger partial charge on any atom is -0.463 e. The number of ketones is 1. The number of allylic oxidation sites excluding steroid dienone is 1. The summed E-state index contributed by atoms with van der Waals surface area (Å²) in [5.74, 6) is -3.01. The molecule has 0 unspecified atom stereocenters. The molecule has 1 aliphatic carbocycles. The van der Waals surface area contributed by atoms with Gasteiger partial charge in [0.1, 0.15) is 18.1 Å². The summed E-state index contributed by atoms with van der Waals surface area (Å²) in [6.45, 7) is 8.25. The first-order valence-corrected chi connectivity index (χ1v) is 15.4. The normalized spacial score (nSPS) is 24.9. The highest BCUT2D eigenvalue weighted by atomic mass is 79.9. The van der Waals surface area contributed by atoms with E-state index in [0.717, 1.165) is 42.7 Å². The minimum atomic E-state index is -1.34. The van der Waals surface area contributed by atoms with Gasteiger partial charge in [0, 0.05) is 50.0 Å². The Bertz CT molecular complexity index is 1310. The fraction of sp³-hybridized carbons (Fsp3) is 0.517. The maximum atomic E-state index is 13.5. The molecule has 43 heavy (non-hydrogen) atoms. The third kappa shape index (κ3) is 9.85. The van der Waals surface area contributed by atoms with Crippen molar-refractivity contribution in [1.82, 2.24) is 0 Å². The van der Waals surface area contributed by atoms with Crippen LogP contribution < -0.4 is 5.32 Å². The Balaban J connectivity index is 2.04. The van der Waals surface area contributed by atoms with E-state index >= 15 is 0 Å². The van der Waals surface area contributed by atoms with Crippen LogP contribution in [-0.2, 0) is 47.7 Å². The summed E-state index contributed by atoms with van der Waals surface area (Å²) in [5.41, 5.74) is 0.174. The van der Waals surface area contributed by atoms with Gasteiger partial charge >= 0.3 is 23.9 Å². The smallest absolute Gasteiger partial charge is 0.303 e. The molecule has 1 aliphatic heterocycles. The average molecular weight is 701 g/mol. The van der Waals surface area contributed by atoms with Crippen molar-refractivity contribution in [2.75, 3.05) is 11.9 Å². The van der Waals surface area contributed by atoms with Crippen LogP contribution in [0.2, 0.25) is 0 Å². The molecule has 1 aromatic rings. The van der Waals surface area contributed by atoms with Gasteiger partial charge < -0.3 is 29.0 Å². The van der Waals surface area contributed by atoms with Gasteiger partial charge in [0.2, 0.25) is 0 Å². The first-order valence-electron chi connectivity index (χ1n) is 13.4. The Kier molecular flexibility index (Phi) is 11.9. The molecular formula is C29H34BrNO10S2. The number of esters is 4. The first-order chi connectivity index (χ1) is 20.1. The summed E-state index contributed by atoms with van der Waals surface area (Å²) in [6, 6.07) is 7.44. The van der Waals surface area contributed by atoms with E-state index in [0.29, 0.717) is 12.1 Å². The van der Waals surface area contributed by atoms with E-state index in [1.807, 2.05) is 38.1 Å². The SMILES string of the molecule is CC(=O)OC[C@H]1O[C@@H](SC(=S)C2=C(Nc3ccc(Br)cc3)CC(C)(C)CC2=O)[C@H](OC(C)=O)[C@@H](OC(C)=O)[C@H]1OC(C)=O. The number of benzene rings is 1. The molecule has 0 aromatic heterocycles. The Labute approximate surface area is 267 Å². The summed E-state index contributed by atoms with van der Waals surface area (Å²) >= 11 is 10.1. The number of carbonyl (C=O) groups is 5. The lowest BCUT2D eigenvalue weighted by Gasteiger charge is -2.44. The van der Waals surface area contributed by atoms with Crippen molar-refractivity contribution >= 4 is 79.5 Å². The summed E-state index contributed by atoms with van der Waals surface area (Å²) in [6.07, 6.45) is -4.30. The monoisotopic (exact) mass is 699 g/mol. The van der Waals surface area contributed by atoms with Crippen LogP contribution in [0.5, 0.6) is 0 Å². The van der Waals surface area contributed by atoms with Gasteiger partial charge in [-0.25, -0.2) is 0 Å². The fourth-order valence-electron chi connectivity index (χ4n) is 4.82. The van der Waals surface area contributed by atoms with Gasteiger partial charge in [-0.05, 0) is 36.1 Å². The van der Waals surface area contributed by atoms with E-state index in [4.69, 9.17) is 35.9 Å². The highest BCUT2D eigenvalue weighted by Gasteiger charge is 2.53. The molecule has 0 saturated carbocycles. The number of hydrogen-bond acceptors (Lipinski definition) is 13. The van der Waals surface area contributed by atoms with Crippen molar-refractivity contribution in [1.29, 1.82) is 0 Å². The van der Waals surface area contributed by atoms with E-state index in [9.17, 15) is 24.0 Å². The Morgan fingerprint density at radius 3 is 2.05 bits per heavy atom. The average Bonchev–Trinajstić information content (AvgIpc) is 2.86. The third-order valence-corrected chi connectivity index (χ3v) is 8.44. The van der Waals surface area contributed by atoms with Crippen molar-refractivity contribution < 1.29 is 47.7 Å². The molecule has 0 bridgehead atoms. The number of halogens is 1. The highest BCUT2D eigenvalue weighted by Crippen LogP contribution is 2.42. The molecule has 14 heteroatoms. The van der Waals surface area contributed by atoms with Crippen LogP contribution in [0.3, 0.4) is 0 Å². The lowest BCUT2D eigenvalue weighted by atomic mass is 9.76. The maximum absolute atomic E-state index is 13.5. The van der Waals surface area contributed by atoms with Crippen LogP contribution >= 0.6 is 39.9 Å². The van der Waals surface area contributed by atoms with E-state index in [-0.39, 0.29) is 34.0 Å². The molecule has 3 rings (SSSR count). The van der Waals surface area contributed by atoms with Crippen molar-refractivity contribution in [3.8, 4) is 0 Å². The molecule has 5 atom stereocenters. The van der Waals surface area contributed by atoms with Crippen molar-refractivity contribution in [3.05, 3.63) is 40.0 Å². The summed E-state index contributed by atoms with van der Waals surface area (Å²) in [5, 5.41) is 3.34. The number of Topliss-reactive ketones (excluding diaryl/α,β-unsaturated/α-hetero) is 1. The Hall–Kier alpha value is -2.81. The Morgan fingerprint density at radius 1 is 0.930 bits per heavy atom. The molecule has 1 N–H and O–H groups in total. The van der Waals surface area contributed by atoms with Crippen LogP contribution in [0.25, 0.3) is 0 Å². The van der Waals surface area contributed by atoms with Crippen molar-refractivity contribution in [2.24, 2.45) is 5.41 Å². The van der Waals surface area contributed by atoms with Gasteiger partial charge in [-0.3, -0.25) is 24.0 Å². The number of rotatable bonds is 9. The fourth-order valence-corrected chi connectivity index (χ4v) is 6.71. The molecule has 0 amide bonds. The lowest BCUT2D eigenvalue weighted by Crippen LogP contribution is -2.61. The maximum Gasteiger partial charge on any atom is 0.303 e. The van der Waals surface area contributed by atoms with Gasteiger partial charge in [-0.1, -0.05) is 53.8 Å². The Morgan fingerprint density at radius 2 is 1.49 bits per heavy atom. The van der Waals surface area contributed by atoms with E-state index in [1.165, 1.54) is 6.92 Å². The molecule has 1 heterocycles. The van der Waals surface area contributed by atoms with E-state index in [2.05, 4.69) is 21.2 Å². The van der Waals surface area contributed by atoms with Crippen LogP contribution in [0, 0.1) is 5.41 Å². The number of thioether (sulfide) groups is 1. The minimum absolute atomic E-state index is 0.154. The quantitative estimate of drug-likeness (QED) is 0.217. The summed E-state index contributed by atoms with van der Waals surface area (Å²) < 4.78 is 28.8. The first kappa shape index (κ1) is 34.7. The number of carbonyl (C=O) groups excluding carboxylic acids is 5. The number of hydrogen-bond donors (Lipinski definition) is 1. The number of thiocarbonyl (C=S) groups is 1. The molecule has 0 radical (unpaired) electrons. The zero-order valence-electron chi connectivity index (χ0n) is 24.6. The largest absolute Gasteiger partial charge is 0.463 e. The zero-order chi connectivity index (χ0) is 32.1. The van der Waals surface area contributed by atoms with E-state index in [1.54, 1.807) is 0 Å². The molecular weight excluding hydrogens is 666 g/mol. The molecule has 1 aromatic carbocycles. The number of ether oxygens (including phenoxy) is 5. The standard InChI is InChI=1S/C29H34BrNO10S2/c1-14(32)37-13-22-24(38-15(2)33)25(39-16(3)34)26(40-17(4)35)27(41-22)43-28(42)23-20(11-29(5,6)12-21(23)36)31-19-9-7-18(30)8-10-19/h7-10,22,24-27,31H,11-13H2,1-6H3/t22-,24+,25+,26-,27+/m1/s1. The van der Waals surface area contributed by atoms with Gasteiger partial charge in [0.25, 0.3) is 0 Å². The van der Waals surface area contributed by atoms with Crippen LogP contribution in [0.15, 0.2) is 40.0 Å². The van der Waals surface area contributed by atoms with Crippen LogP contribution in [0.4, 0.5) is 5.69 Å². The second kappa shape index (κ2) is 14.8. The molecule has 2 aliphatic rings. The predicted molar refractivity (Wildman–Crippen MR) is 165 cm³/mol. The van der Waals surface area contributed by atoms with Crippen molar-refractivity contribution in [2.45, 2.75) is 84.2 Å². The molecule has 11 nitrogen and oxygen atoms in total. The van der Waals surface area contributed by atoms with E-state index < -0.39 is 53.7 Å². The number of nitrogens with one attached hydrogen (secondary N) is 1. The lowest BCUT2D eigenvalue weighted by molar-refractivity contribution is -0.237. The van der Waals surface area contributed by atoms with Crippen LogP contribution in [0.1, 0.15) is 54.4 Å². The van der Waals surface area contributed by atoms with Gasteiger partial charge in [0.15, 0.2) is 24.1 Å². The summed E-state index contributed by atoms with van der Waals surface area (Å²) in [4.78, 5) is 61.5.